The lowest BCUT2D eigenvalue weighted by Crippen LogP contribution is -2.22. The minimum absolute atomic E-state index is 0.0943. The quantitative estimate of drug-likeness (QED) is 0.601. The number of nitrogens with two attached hydrogens (primary N) is 1. The number of aliphatic imine (C=N–C) groups is 1. The van der Waals surface area contributed by atoms with Gasteiger partial charge in [-0.05, 0) is 40.2 Å². The highest BCUT2D eigenvalue weighted by Gasteiger charge is 2.08. The third kappa shape index (κ3) is 4.47. The van der Waals surface area contributed by atoms with Crippen molar-refractivity contribution >= 4 is 5.84 Å². The van der Waals surface area contributed by atoms with Crippen LogP contribution < -0.4 is 5.73 Å². The van der Waals surface area contributed by atoms with E-state index < -0.39 is 0 Å². The van der Waals surface area contributed by atoms with Gasteiger partial charge in [0.25, 0.3) is 0 Å². The van der Waals surface area contributed by atoms with Crippen LogP contribution in [0.4, 0.5) is 0 Å². The van der Waals surface area contributed by atoms with Crippen molar-refractivity contribution in [3.8, 4) is 0 Å². The monoisotopic (exact) mass is 218 g/mol. The Morgan fingerprint density at radius 2 is 1.62 bits per heavy atom. The maximum Gasteiger partial charge on any atom is 0.0988 e. The van der Waals surface area contributed by atoms with E-state index in [9.17, 15) is 0 Å². The van der Waals surface area contributed by atoms with E-state index in [2.05, 4.69) is 57.8 Å². The fourth-order valence-electron chi connectivity index (χ4n) is 1.85. The molecule has 0 atom stereocenters. The lowest BCUT2D eigenvalue weighted by atomic mass is 10.0. The van der Waals surface area contributed by atoms with Crippen LogP contribution in [-0.2, 0) is 6.42 Å². The second-order valence-corrected chi connectivity index (χ2v) is 5.45. The fourth-order valence-corrected chi connectivity index (χ4v) is 1.85. The molecule has 0 aromatic heterocycles. The van der Waals surface area contributed by atoms with Gasteiger partial charge in [-0.2, -0.15) is 0 Å². The Morgan fingerprint density at radius 3 is 2.06 bits per heavy atom. The van der Waals surface area contributed by atoms with E-state index in [0.717, 1.165) is 6.42 Å². The zero-order chi connectivity index (χ0) is 12.3. The molecule has 0 amide bonds. The molecule has 0 radical (unpaired) electrons. The predicted octanol–water partition coefficient (Wildman–Crippen LogP) is 3.00. The topological polar surface area (TPSA) is 38.4 Å². The molecule has 0 spiro atoms. The average Bonchev–Trinajstić information content (AvgIpc) is 1.96. The number of aryl methyl sites for hydroxylation is 2. The van der Waals surface area contributed by atoms with Gasteiger partial charge in [0, 0.05) is 6.42 Å². The van der Waals surface area contributed by atoms with Gasteiger partial charge < -0.3 is 5.73 Å². The summed E-state index contributed by atoms with van der Waals surface area (Å²) in [5.41, 5.74) is 9.64. The Hall–Kier alpha value is -1.31. The van der Waals surface area contributed by atoms with E-state index in [4.69, 9.17) is 5.73 Å². The smallest absolute Gasteiger partial charge is 0.0988 e. The molecule has 0 aliphatic carbocycles. The van der Waals surface area contributed by atoms with Crippen LogP contribution in [0.15, 0.2) is 23.2 Å². The van der Waals surface area contributed by atoms with Gasteiger partial charge in [0.2, 0.25) is 0 Å². The minimum Gasteiger partial charge on any atom is -0.387 e. The molecule has 0 fully saturated rings. The van der Waals surface area contributed by atoms with Crippen molar-refractivity contribution in [3.05, 3.63) is 34.9 Å². The number of hydrogen-bond donors (Lipinski definition) is 1. The molecule has 16 heavy (non-hydrogen) atoms. The lowest BCUT2D eigenvalue weighted by molar-refractivity contribution is 0.581. The van der Waals surface area contributed by atoms with Crippen molar-refractivity contribution in [2.24, 2.45) is 10.7 Å². The first-order chi connectivity index (χ1) is 7.26. The molecule has 1 aromatic carbocycles. The number of benzene rings is 1. The summed E-state index contributed by atoms with van der Waals surface area (Å²) in [5.74, 6) is 0.706. The summed E-state index contributed by atoms with van der Waals surface area (Å²) in [7, 11) is 0. The number of nitrogens with zero attached hydrogens (tertiary/aromatic N) is 1. The Labute approximate surface area is 98.6 Å². The van der Waals surface area contributed by atoms with E-state index >= 15 is 0 Å². The van der Waals surface area contributed by atoms with Crippen LogP contribution in [0.2, 0.25) is 0 Å². The SMILES string of the molecule is Cc1cc(C)cc(CC(N)=NC(C)(C)C)c1. The van der Waals surface area contributed by atoms with Crippen LogP contribution in [0.1, 0.15) is 37.5 Å². The molecule has 2 heteroatoms. The predicted molar refractivity (Wildman–Crippen MR) is 71.0 cm³/mol. The summed E-state index contributed by atoms with van der Waals surface area (Å²) in [6.07, 6.45) is 0.736. The van der Waals surface area contributed by atoms with E-state index in [-0.39, 0.29) is 5.54 Å². The molecule has 0 heterocycles. The summed E-state index contributed by atoms with van der Waals surface area (Å²) in [5, 5.41) is 0. The van der Waals surface area contributed by atoms with Gasteiger partial charge in [0.05, 0.1) is 11.4 Å². The first-order valence-electron chi connectivity index (χ1n) is 5.68. The summed E-state index contributed by atoms with van der Waals surface area (Å²) in [6.45, 7) is 10.4. The van der Waals surface area contributed by atoms with E-state index in [1.807, 2.05) is 0 Å². The van der Waals surface area contributed by atoms with Gasteiger partial charge in [-0.1, -0.05) is 29.3 Å². The van der Waals surface area contributed by atoms with Crippen molar-refractivity contribution in [2.45, 2.75) is 46.6 Å². The second kappa shape index (κ2) is 4.69. The van der Waals surface area contributed by atoms with Crippen molar-refractivity contribution in [1.82, 2.24) is 0 Å². The number of hydrogen-bond acceptors (Lipinski definition) is 1. The van der Waals surface area contributed by atoms with Crippen LogP contribution in [0, 0.1) is 13.8 Å². The zero-order valence-electron chi connectivity index (χ0n) is 11.0. The minimum atomic E-state index is -0.0943. The largest absolute Gasteiger partial charge is 0.387 e. The molecular weight excluding hydrogens is 196 g/mol. The lowest BCUT2D eigenvalue weighted by Gasteiger charge is -2.14. The van der Waals surface area contributed by atoms with E-state index in [1.165, 1.54) is 16.7 Å². The van der Waals surface area contributed by atoms with Crippen LogP contribution in [0.3, 0.4) is 0 Å². The molecule has 0 bridgehead atoms. The van der Waals surface area contributed by atoms with Crippen LogP contribution in [0.25, 0.3) is 0 Å². The van der Waals surface area contributed by atoms with Gasteiger partial charge >= 0.3 is 0 Å². The molecule has 0 aliphatic heterocycles. The highest BCUT2D eigenvalue weighted by molar-refractivity contribution is 5.83. The molecule has 0 saturated carbocycles. The van der Waals surface area contributed by atoms with Crippen LogP contribution in [0.5, 0.6) is 0 Å². The normalized spacial score (nSPS) is 12.9. The van der Waals surface area contributed by atoms with Gasteiger partial charge in [-0.3, -0.25) is 4.99 Å². The van der Waals surface area contributed by atoms with Gasteiger partial charge in [0.1, 0.15) is 0 Å². The first-order valence-corrected chi connectivity index (χ1v) is 5.68. The molecule has 88 valence electrons. The third-order valence-electron chi connectivity index (χ3n) is 2.15. The second-order valence-electron chi connectivity index (χ2n) is 5.45. The first kappa shape index (κ1) is 12.8. The highest BCUT2D eigenvalue weighted by atomic mass is 14.9. The molecule has 1 aromatic rings. The maximum absolute atomic E-state index is 5.94. The standard InChI is InChI=1S/C14H22N2/c1-10-6-11(2)8-12(7-10)9-13(15)16-14(3,4)5/h6-8H,9H2,1-5H3,(H2,15,16). The molecule has 0 unspecified atom stereocenters. The highest BCUT2D eigenvalue weighted by Crippen LogP contribution is 2.11. The van der Waals surface area contributed by atoms with Crippen LogP contribution in [-0.4, -0.2) is 11.4 Å². The van der Waals surface area contributed by atoms with Gasteiger partial charge in [-0.25, -0.2) is 0 Å². The Bertz CT molecular complexity index is 377. The van der Waals surface area contributed by atoms with Crippen molar-refractivity contribution < 1.29 is 0 Å². The Kier molecular flexibility index (Phi) is 3.74. The zero-order valence-corrected chi connectivity index (χ0v) is 11.0. The van der Waals surface area contributed by atoms with Crippen molar-refractivity contribution in [3.63, 3.8) is 0 Å². The third-order valence-corrected chi connectivity index (χ3v) is 2.15. The van der Waals surface area contributed by atoms with E-state index in [0.29, 0.717) is 5.84 Å². The summed E-state index contributed by atoms with van der Waals surface area (Å²) in [6, 6.07) is 6.50. The number of amidine groups is 1. The molecule has 1 rings (SSSR count). The maximum atomic E-state index is 5.94. The molecule has 0 saturated heterocycles. The molecule has 0 aliphatic rings. The Morgan fingerprint density at radius 1 is 1.12 bits per heavy atom. The van der Waals surface area contributed by atoms with E-state index in [1.54, 1.807) is 0 Å². The summed E-state index contributed by atoms with van der Waals surface area (Å²) >= 11 is 0. The van der Waals surface area contributed by atoms with Crippen molar-refractivity contribution in [2.75, 3.05) is 0 Å². The fraction of sp³-hybridized carbons (Fsp3) is 0.500. The Balaban J connectivity index is 2.85. The van der Waals surface area contributed by atoms with Crippen molar-refractivity contribution in [1.29, 1.82) is 0 Å². The van der Waals surface area contributed by atoms with Crippen LogP contribution >= 0.6 is 0 Å². The molecule has 2 nitrogen and oxygen atoms in total. The summed E-state index contributed by atoms with van der Waals surface area (Å²) < 4.78 is 0. The molecule has 2 N–H and O–H groups in total. The number of rotatable bonds is 2. The van der Waals surface area contributed by atoms with Gasteiger partial charge in [-0.15, -0.1) is 0 Å². The molecular formula is C14H22N2. The van der Waals surface area contributed by atoms with Gasteiger partial charge in [0.15, 0.2) is 0 Å². The average molecular weight is 218 g/mol. The summed E-state index contributed by atoms with van der Waals surface area (Å²) in [4.78, 5) is 4.46.